The van der Waals surface area contributed by atoms with Crippen LogP contribution in [0.25, 0.3) is 16.9 Å². The number of benzene rings is 2. The van der Waals surface area contributed by atoms with Crippen molar-refractivity contribution in [3.63, 3.8) is 0 Å². The van der Waals surface area contributed by atoms with E-state index in [9.17, 15) is 0 Å². The molecule has 0 radical (unpaired) electrons. The lowest BCUT2D eigenvalue weighted by Gasteiger charge is -2.10. The number of methoxy groups -OCH3 is 1. The second-order valence-electron chi connectivity index (χ2n) is 4.70. The summed E-state index contributed by atoms with van der Waals surface area (Å²) in [4.78, 5) is 0. The minimum Gasteiger partial charge on any atom is -0.497 e. The van der Waals surface area contributed by atoms with Gasteiger partial charge in [0, 0.05) is 17.7 Å². The Morgan fingerprint density at radius 3 is 2.38 bits per heavy atom. The molecule has 2 aromatic carbocycles. The highest BCUT2D eigenvalue weighted by molar-refractivity contribution is 5.65. The molecule has 0 bridgehead atoms. The first-order valence-corrected chi connectivity index (χ1v) is 6.80. The fraction of sp³-hybridized carbons (Fsp3) is 0.118. The molecule has 4 nitrogen and oxygen atoms in total. The van der Waals surface area contributed by atoms with Gasteiger partial charge < -0.3 is 10.5 Å². The predicted octanol–water partition coefficient (Wildman–Crippen LogP) is 3.01. The minimum absolute atomic E-state index is 0.459. The van der Waals surface area contributed by atoms with Crippen molar-refractivity contribution < 1.29 is 4.74 Å². The zero-order valence-corrected chi connectivity index (χ0v) is 11.9. The van der Waals surface area contributed by atoms with Gasteiger partial charge in [0.15, 0.2) is 0 Å². The molecule has 0 unspecified atom stereocenters. The number of rotatable bonds is 4. The average molecular weight is 279 g/mol. The fourth-order valence-corrected chi connectivity index (χ4v) is 2.35. The molecule has 0 aliphatic heterocycles. The minimum atomic E-state index is 0.459. The molecule has 4 heteroatoms. The number of ether oxygens (including phenoxy) is 1. The normalized spacial score (nSPS) is 10.6. The second kappa shape index (κ2) is 5.81. The highest BCUT2D eigenvalue weighted by Crippen LogP contribution is 2.27. The van der Waals surface area contributed by atoms with Crippen LogP contribution in [0.4, 0.5) is 0 Å². The van der Waals surface area contributed by atoms with Crippen molar-refractivity contribution in [1.82, 2.24) is 9.78 Å². The number of hydrogen-bond acceptors (Lipinski definition) is 3. The molecule has 0 aliphatic rings. The Morgan fingerprint density at radius 2 is 1.76 bits per heavy atom. The van der Waals surface area contributed by atoms with Gasteiger partial charge in [-0.05, 0) is 24.3 Å². The first kappa shape index (κ1) is 13.4. The van der Waals surface area contributed by atoms with Crippen LogP contribution in [-0.2, 0) is 6.54 Å². The van der Waals surface area contributed by atoms with Crippen LogP contribution in [0.2, 0.25) is 0 Å². The molecule has 1 heterocycles. The topological polar surface area (TPSA) is 53.1 Å². The van der Waals surface area contributed by atoms with Crippen LogP contribution in [0, 0.1) is 0 Å². The molecule has 0 saturated carbocycles. The lowest BCUT2D eigenvalue weighted by molar-refractivity contribution is 0.414. The van der Waals surface area contributed by atoms with Crippen molar-refractivity contribution in [3.05, 3.63) is 66.4 Å². The summed E-state index contributed by atoms with van der Waals surface area (Å²) in [6, 6.07) is 18.0. The Kier molecular flexibility index (Phi) is 3.71. The summed E-state index contributed by atoms with van der Waals surface area (Å²) in [7, 11) is 1.66. The van der Waals surface area contributed by atoms with E-state index in [1.807, 2.05) is 53.3 Å². The van der Waals surface area contributed by atoms with E-state index >= 15 is 0 Å². The molecule has 0 spiro atoms. The maximum atomic E-state index is 5.85. The summed E-state index contributed by atoms with van der Waals surface area (Å²) < 4.78 is 7.11. The van der Waals surface area contributed by atoms with Gasteiger partial charge >= 0.3 is 0 Å². The van der Waals surface area contributed by atoms with Crippen molar-refractivity contribution in [2.45, 2.75) is 6.54 Å². The van der Waals surface area contributed by atoms with Crippen molar-refractivity contribution in [3.8, 4) is 22.7 Å². The van der Waals surface area contributed by atoms with Crippen LogP contribution < -0.4 is 10.5 Å². The monoisotopic (exact) mass is 279 g/mol. The van der Waals surface area contributed by atoms with Crippen LogP contribution >= 0.6 is 0 Å². The molecule has 1 aromatic heterocycles. The smallest absolute Gasteiger partial charge is 0.119 e. The Labute approximate surface area is 123 Å². The fourth-order valence-electron chi connectivity index (χ4n) is 2.35. The summed E-state index contributed by atoms with van der Waals surface area (Å²) in [6.45, 7) is 0.459. The van der Waals surface area contributed by atoms with E-state index in [0.717, 1.165) is 28.3 Å². The lowest BCUT2D eigenvalue weighted by Crippen LogP contribution is -2.02. The molecule has 3 rings (SSSR count). The highest BCUT2D eigenvalue weighted by Gasteiger charge is 2.13. The molecule has 0 aliphatic carbocycles. The van der Waals surface area contributed by atoms with Gasteiger partial charge in [-0.15, -0.1) is 0 Å². The summed E-state index contributed by atoms with van der Waals surface area (Å²) >= 11 is 0. The summed E-state index contributed by atoms with van der Waals surface area (Å²) in [5.74, 6) is 0.825. The molecule has 106 valence electrons. The Bertz CT molecular complexity index is 718. The molecule has 0 saturated heterocycles. The zero-order valence-electron chi connectivity index (χ0n) is 11.9. The van der Waals surface area contributed by atoms with Gasteiger partial charge in [-0.1, -0.05) is 30.3 Å². The Morgan fingerprint density at radius 1 is 1.05 bits per heavy atom. The maximum Gasteiger partial charge on any atom is 0.119 e. The predicted molar refractivity (Wildman–Crippen MR) is 83.4 cm³/mol. The molecule has 21 heavy (non-hydrogen) atoms. The highest BCUT2D eigenvalue weighted by atomic mass is 16.5. The maximum absolute atomic E-state index is 5.85. The third kappa shape index (κ3) is 2.53. The lowest BCUT2D eigenvalue weighted by atomic mass is 10.1. The number of aromatic nitrogens is 2. The van der Waals surface area contributed by atoms with Gasteiger partial charge in [-0.3, -0.25) is 0 Å². The first-order chi connectivity index (χ1) is 10.3. The molecule has 0 amide bonds. The number of nitrogens with two attached hydrogens (primary N) is 1. The van der Waals surface area contributed by atoms with Gasteiger partial charge in [0.1, 0.15) is 5.75 Å². The van der Waals surface area contributed by atoms with Gasteiger partial charge in [0.25, 0.3) is 0 Å². The van der Waals surface area contributed by atoms with Crippen molar-refractivity contribution in [1.29, 1.82) is 0 Å². The van der Waals surface area contributed by atoms with Crippen molar-refractivity contribution in [2.24, 2.45) is 5.73 Å². The van der Waals surface area contributed by atoms with Crippen molar-refractivity contribution in [2.75, 3.05) is 7.11 Å². The largest absolute Gasteiger partial charge is 0.497 e. The van der Waals surface area contributed by atoms with Gasteiger partial charge in [0.05, 0.1) is 24.7 Å². The molecule has 3 aromatic rings. The van der Waals surface area contributed by atoms with E-state index in [1.165, 1.54) is 0 Å². The van der Waals surface area contributed by atoms with E-state index in [0.29, 0.717) is 6.54 Å². The van der Waals surface area contributed by atoms with Crippen LogP contribution in [-0.4, -0.2) is 16.9 Å². The molecule has 2 N–H and O–H groups in total. The van der Waals surface area contributed by atoms with Crippen LogP contribution in [0.15, 0.2) is 60.8 Å². The summed E-state index contributed by atoms with van der Waals surface area (Å²) in [6.07, 6.45) is 1.83. The van der Waals surface area contributed by atoms with E-state index < -0.39 is 0 Å². The molecular formula is C17H17N3O. The molecular weight excluding hydrogens is 262 g/mol. The van der Waals surface area contributed by atoms with Gasteiger partial charge in [0.2, 0.25) is 0 Å². The van der Waals surface area contributed by atoms with Crippen LogP contribution in [0.5, 0.6) is 5.75 Å². The average Bonchev–Trinajstić information content (AvgIpc) is 2.99. The SMILES string of the molecule is COc1ccc(-n2ncc(CN)c2-c2ccccc2)cc1. The van der Waals surface area contributed by atoms with Crippen LogP contribution in [0.1, 0.15) is 5.56 Å². The van der Waals surface area contributed by atoms with E-state index in [1.54, 1.807) is 7.11 Å². The third-order valence-corrected chi connectivity index (χ3v) is 3.43. The molecule has 0 atom stereocenters. The van der Waals surface area contributed by atoms with E-state index in [-0.39, 0.29) is 0 Å². The third-order valence-electron chi connectivity index (χ3n) is 3.43. The summed E-state index contributed by atoms with van der Waals surface area (Å²) in [5.41, 5.74) is 9.99. The van der Waals surface area contributed by atoms with Gasteiger partial charge in [-0.2, -0.15) is 5.10 Å². The van der Waals surface area contributed by atoms with Crippen molar-refractivity contribution >= 4 is 0 Å². The quantitative estimate of drug-likeness (QED) is 0.798. The van der Waals surface area contributed by atoms with E-state index in [4.69, 9.17) is 10.5 Å². The summed E-state index contributed by atoms with van der Waals surface area (Å²) in [5, 5.41) is 4.48. The van der Waals surface area contributed by atoms with Crippen LogP contribution in [0.3, 0.4) is 0 Å². The Hall–Kier alpha value is -2.59. The first-order valence-electron chi connectivity index (χ1n) is 6.80. The zero-order chi connectivity index (χ0) is 14.7. The number of hydrogen-bond donors (Lipinski definition) is 1. The van der Waals surface area contributed by atoms with E-state index in [2.05, 4.69) is 17.2 Å². The second-order valence-corrected chi connectivity index (χ2v) is 4.70. The molecule has 0 fully saturated rings. The van der Waals surface area contributed by atoms with Gasteiger partial charge in [-0.25, -0.2) is 4.68 Å². The standard InChI is InChI=1S/C17H17N3O/c1-21-16-9-7-15(8-10-16)20-17(14(11-18)12-19-20)13-5-3-2-4-6-13/h2-10,12H,11,18H2,1H3. The number of nitrogens with zero attached hydrogens (tertiary/aromatic N) is 2. The Balaban J connectivity index is 2.12.